The minimum Gasteiger partial charge on any atom is -0.504 e. The first-order chi connectivity index (χ1) is 7.10. The molecule has 0 saturated heterocycles. The van der Waals surface area contributed by atoms with Crippen molar-refractivity contribution in [1.29, 1.82) is 0 Å². The zero-order valence-corrected chi connectivity index (χ0v) is 9.38. The maximum atomic E-state index is 9.73. The average molecular weight is 232 g/mol. The van der Waals surface area contributed by atoms with Gasteiger partial charge < -0.3 is 20.3 Å². The van der Waals surface area contributed by atoms with Gasteiger partial charge in [-0.25, -0.2) is 0 Å². The fourth-order valence-electron chi connectivity index (χ4n) is 1.28. The highest BCUT2D eigenvalue weighted by atomic mass is 35.5. The number of nitrogens with one attached hydrogen (secondary N) is 1. The Kier molecular flexibility index (Phi) is 4.20. The van der Waals surface area contributed by atoms with Gasteiger partial charge in [0.25, 0.3) is 0 Å². The zero-order valence-electron chi connectivity index (χ0n) is 8.62. The van der Waals surface area contributed by atoms with Gasteiger partial charge in [-0.15, -0.1) is 0 Å². The van der Waals surface area contributed by atoms with Crippen LogP contribution in [0, 0.1) is 0 Å². The van der Waals surface area contributed by atoms with E-state index in [2.05, 4.69) is 5.32 Å². The van der Waals surface area contributed by atoms with Crippen LogP contribution in [0.1, 0.15) is 11.7 Å². The Morgan fingerprint density at radius 3 is 2.73 bits per heavy atom. The molecule has 1 rings (SSSR count). The van der Waals surface area contributed by atoms with E-state index in [0.29, 0.717) is 22.9 Å². The van der Waals surface area contributed by atoms with Gasteiger partial charge in [0, 0.05) is 18.2 Å². The molecule has 1 unspecified atom stereocenters. The van der Waals surface area contributed by atoms with Crippen LogP contribution < -0.4 is 10.1 Å². The predicted octanol–water partition coefficient (Wildman–Crippen LogP) is 1.31. The molecule has 84 valence electrons. The van der Waals surface area contributed by atoms with Crippen molar-refractivity contribution >= 4 is 11.6 Å². The highest BCUT2D eigenvalue weighted by Gasteiger charge is 2.14. The van der Waals surface area contributed by atoms with Gasteiger partial charge in [0.1, 0.15) is 0 Å². The average Bonchev–Trinajstić information content (AvgIpc) is 2.18. The lowest BCUT2D eigenvalue weighted by Crippen LogP contribution is -2.17. The van der Waals surface area contributed by atoms with Crippen molar-refractivity contribution in [1.82, 2.24) is 5.32 Å². The smallest absolute Gasteiger partial charge is 0.160 e. The van der Waals surface area contributed by atoms with Crippen LogP contribution in [0.4, 0.5) is 0 Å². The summed E-state index contributed by atoms with van der Waals surface area (Å²) >= 11 is 5.89. The van der Waals surface area contributed by atoms with Crippen LogP contribution in [0.2, 0.25) is 5.02 Å². The molecule has 0 radical (unpaired) electrons. The van der Waals surface area contributed by atoms with Gasteiger partial charge in [-0.2, -0.15) is 0 Å². The summed E-state index contributed by atoms with van der Waals surface area (Å²) in [7, 11) is 3.17. The molecule has 3 N–H and O–H groups in total. The number of aliphatic hydroxyl groups is 1. The SMILES string of the molecule is CNCC(O)c1cc(OC)c(O)cc1Cl. The Morgan fingerprint density at radius 1 is 1.53 bits per heavy atom. The van der Waals surface area contributed by atoms with E-state index in [1.807, 2.05) is 0 Å². The highest BCUT2D eigenvalue weighted by Crippen LogP contribution is 2.34. The van der Waals surface area contributed by atoms with Gasteiger partial charge in [0.05, 0.1) is 18.2 Å². The van der Waals surface area contributed by atoms with E-state index in [4.69, 9.17) is 16.3 Å². The summed E-state index contributed by atoms with van der Waals surface area (Å²) in [6, 6.07) is 2.88. The number of aromatic hydroxyl groups is 1. The number of hydrogen-bond donors (Lipinski definition) is 3. The number of halogens is 1. The minimum atomic E-state index is -0.725. The third-order valence-electron chi connectivity index (χ3n) is 2.05. The fourth-order valence-corrected chi connectivity index (χ4v) is 1.56. The third-order valence-corrected chi connectivity index (χ3v) is 2.38. The topological polar surface area (TPSA) is 61.7 Å². The van der Waals surface area contributed by atoms with E-state index >= 15 is 0 Å². The number of rotatable bonds is 4. The number of likely N-dealkylation sites (N-methyl/N-ethyl adjacent to an activating group) is 1. The molecule has 0 spiro atoms. The van der Waals surface area contributed by atoms with Crippen LogP contribution in [0.15, 0.2) is 12.1 Å². The van der Waals surface area contributed by atoms with Crippen LogP contribution in [-0.4, -0.2) is 30.9 Å². The summed E-state index contributed by atoms with van der Waals surface area (Å²) in [4.78, 5) is 0. The van der Waals surface area contributed by atoms with E-state index in [1.165, 1.54) is 19.2 Å². The van der Waals surface area contributed by atoms with Gasteiger partial charge in [-0.1, -0.05) is 11.6 Å². The van der Waals surface area contributed by atoms with Crippen molar-refractivity contribution in [2.45, 2.75) is 6.10 Å². The van der Waals surface area contributed by atoms with E-state index in [-0.39, 0.29) is 5.75 Å². The largest absolute Gasteiger partial charge is 0.504 e. The Morgan fingerprint density at radius 2 is 2.20 bits per heavy atom. The molecule has 15 heavy (non-hydrogen) atoms. The lowest BCUT2D eigenvalue weighted by molar-refractivity contribution is 0.177. The van der Waals surface area contributed by atoms with Crippen LogP contribution in [0.5, 0.6) is 11.5 Å². The molecule has 1 atom stereocenters. The Labute approximate surface area is 93.4 Å². The van der Waals surface area contributed by atoms with Crippen LogP contribution >= 0.6 is 11.6 Å². The Hall–Kier alpha value is -0.970. The summed E-state index contributed by atoms with van der Waals surface area (Å²) in [6.45, 7) is 0.383. The number of aliphatic hydroxyl groups excluding tert-OH is 1. The molecule has 0 saturated carbocycles. The number of hydrogen-bond acceptors (Lipinski definition) is 4. The first-order valence-electron chi connectivity index (χ1n) is 4.49. The van der Waals surface area contributed by atoms with Gasteiger partial charge in [-0.05, 0) is 13.1 Å². The molecule has 0 aliphatic heterocycles. The summed E-state index contributed by atoms with van der Waals surface area (Å²) in [6.07, 6.45) is -0.725. The molecule has 0 fully saturated rings. The molecule has 0 amide bonds. The molecule has 1 aromatic carbocycles. The van der Waals surface area contributed by atoms with Gasteiger partial charge in [0.2, 0.25) is 0 Å². The number of methoxy groups -OCH3 is 1. The van der Waals surface area contributed by atoms with Gasteiger partial charge in [-0.3, -0.25) is 0 Å². The van der Waals surface area contributed by atoms with Crippen molar-refractivity contribution in [3.8, 4) is 11.5 Å². The van der Waals surface area contributed by atoms with E-state index in [9.17, 15) is 10.2 Å². The number of benzene rings is 1. The standard InChI is InChI=1S/C10H14ClNO3/c1-12-5-9(14)6-3-10(15-2)8(13)4-7(6)11/h3-4,9,12-14H,5H2,1-2H3. The molecule has 5 heteroatoms. The van der Waals surface area contributed by atoms with Gasteiger partial charge >= 0.3 is 0 Å². The second-order valence-electron chi connectivity index (χ2n) is 3.12. The molecule has 0 aromatic heterocycles. The molecule has 0 aliphatic rings. The lowest BCUT2D eigenvalue weighted by atomic mass is 10.1. The van der Waals surface area contributed by atoms with Crippen molar-refractivity contribution in [2.75, 3.05) is 20.7 Å². The van der Waals surface area contributed by atoms with Crippen LogP contribution in [0.25, 0.3) is 0 Å². The van der Waals surface area contributed by atoms with Crippen LogP contribution in [0.3, 0.4) is 0 Å². The highest BCUT2D eigenvalue weighted by molar-refractivity contribution is 6.31. The predicted molar refractivity (Wildman–Crippen MR) is 58.6 cm³/mol. The molecule has 4 nitrogen and oxygen atoms in total. The van der Waals surface area contributed by atoms with E-state index < -0.39 is 6.10 Å². The first kappa shape index (κ1) is 12.1. The van der Waals surface area contributed by atoms with Crippen molar-refractivity contribution < 1.29 is 14.9 Å². The van der Waals surface area contributed by atoms with E-state index in [1.54, 1.807) is 7.05 Å². The minimum absolute atomic E-state index is 0.0390. The second kappa shape index (κ2) is 5.21. The second-order valence-corrected chi connectivity index (χ2v) is 3.53. The molecule has 1 aromatic rings. The Bertz CT molecular complexity index is 344. The number of phenols is 1. The molecule has 0 heterocycles. The van der Waals surface area contributed by atoms with Crippen molar-refractivity contribution in [2.24, 2.45) is 0 Å². The summed E-state index contributed by atoms with van der Waals surface area (Å²) in [5.74, 6) is 0.257. The zero-order chi connectivity index (χ0) is 11.4. The Balaban J connectivity index is 3.06. The quantitative estimate of drug-likeness (QED) is 0.731. The third kappa shape index (κ3) is 2.75. The summed E-state index contributed by atoms with van der Waals surface area (Å²) < 4.78 is 4.93. The molecule has 0 bridgehead atoms. The molecular formula is C10H14ClNO3. The lowest BCUT2D eigenvalue weighted by Gasteiger charge is -2.14. The first-order valence-corrected chi connectivity index (χ1v) is 4.87. The molecule has 0 aliphatic carbocycles. The van der Waals surface area contributed by atoms with Crippen molar-refractivity contribution in [3.63, 3.8) is 0 Å². The number of ether oxygens (including phenoxy) is 1. The summed E-state index contributed by atoms with van der Waals surface area (Å²) in [5, 5.41) is 22.3. The van der Waals surface area contributed by atoms with Crippen molar-refractivity contribution in [3.05, 3.63) is 22.7 Å². The monoisotopic (exact) mass is 231 g/mol. The molecular weight excluding hydrogens is 218 g/mol. The summed E-state index contributed by atoms with van der Waals surface area (Å²) in [5.41, 5.74) is 0.528. The maximum Gasteiger partial charge on any atom is 0.160 e. The fraction of sp³-hybridized carbons (Fsp3) is 0.400. The normalized spacial score (nSPS) is 12.5. The van der Waals surface area contributed by atoms with Gasteiger partial charge in [0.15, 0.2) is 11.5 Å². The number of phenolic OH excluding ortho intramolecular Hbond substituents is 1. The van der Waals surface area contributed by atoms with Crippen LogP contribution in [-0.2, 0) is 0 Å². The maximum absolute atomic E-state index is 9.73. The van der Waals surface area contributed by atoms with E-state index in [0.717, 1.165) is 0 Å².